The van der Waals surface area contributed by atoms with Gasteiger partial charge in [0.1, 0.15) is 5.75 Å². The molecule has 0 fully saturated rings. The Morgan fingerprint density at radius 1 is 1.37 bits per heavy atom. The smallest absolute Gasteiger partial charge is 0.255 e. The van der Waals surface area contributed by atoms with E-state index in [-0.39, 0.29) is 11.7 Å². The predicted molar refractivity (Wildman–Crippen MR) is 68.6 cm³/mol. The van der Waals surface area contributed by atoms with Crippen molar-refractivity contribution in [3.63, 3.8) is 0 Å². The molecule has 0 saturated carbocycles. The fourth-order valence-corrected chi connectivity index (χ4v) is 2.27. The summed E-state index contributed by atoms with van der Waals surface area (Å²) in [7, 11) is 0. The fourth-order valence-electron chi connectivity index (χ4n) is 2.27. The van der Waals surface area contributed by atoms with E-state index < -0.39 is 0 Å². The minimum atomic E-state index is -0.113. The van der Waals surface area contributed by atoms with Crippen LogP contribution in [0.2, 0.25) is 0 Å². The summed E-state index contributed by atoms with van der Waals surface area (Å²) in [5, 5.41) is 9.37. The average molecular weight is 255 g/mol. The van der Waals surface area contributed by atoms with Crippen LogP contribution in [0.4, 0.5) is 0 Å². The summed E-state index contributed by atoms with van der Waals surface area (Å²) in [6.45, 7) is 1.19. The molecule has 0 saturated heterocycles. The number of fused-ring (bicyclic) bond motifs is 1. The largest absolute Gasteiger partial charge is 0.506 e. The van der Waals surface area contributed by atoms with Gasteiger partial charge in [-0.3, -0.25) is 14.8 Å². The summed E-state index contributed by atoms with van der Waals surface area (Å²) < 4.78 is 0. The summed E-state index contributed by atoms with van der Waals surface area (Å²) in [5.74, 6) is -0.108. The topological polar surface area (TPSA) is 66.3 Å². The van der Waals surface area contributed by atoms with Crippen molar-refractivity contribution < 1.29 is 9.90 Å². The monoisotopic (exact) mass is 255 g/mol. The molecule has 0 aromatic carbocycles. The number of carbonyl (C=O) groups excluding carboxylic acids is 1. The predicted octanol–water partition coefficient (Wildman–Crippen LogP) is 1.38. The van der Waals surface area contributed by atoms with Crippen molar-refractivity contribution in [3.05, 3.63) is 53.6 Å². The van der Waals surface area contributed by atoms with Gasteiger partial charge in [0.2, 0.25) is 0 Å². The van der Waals surface area contributed by atoms with Crippen LogP contribution in [0, 0.1) is 0 Å². The first-order valence-corrected chi connectivity index (χ1v) is 6.10. The molecule has 1 aliphatic heterocycles. The van der Waals surface area contributed by atoms with Gasteiger partial charge in [-0.2, -0.15) is 0 Å². The number of hydrogen-bond donors (Lipinski definition) is 1. The van der Waals surface area contributed by atoms with E-state index in [0.29, 0.717) is 18.7 Å². The first-order valence-electron chi connectivity index (χ1n) is 6.10. The molecule has 0 radical (unpaired) electrons. The van der Waals surface area contributed by atoms with Gasteiger partial charge in [0.15, 0.2) is 0 Å². The van der Waals surface area contributed by atoms with Crippen LogP contribution in [-0.4, -0.2) is 32.4 Å². The first kappa shape index (κ1) is 11.6. The van der Waals surface area contributed by atoms with Gasteiger partial charge in [-0.05, 0) is 17.7 Å². The van der Waals surface area contributed by atoms with Gasteiger partial charge in [0, 0.05) is 37.6 Å². The molecular formula is C14H13N3O2. The molecule has 96 valence electrons. The number of aromatic hydroxyl groups is 1. The van der Waals surface area contributed by atoms with Gasteiger partial charge in [-0.1, -0.05) is 6.07 Å². The molecule has 5 heteroatoms. The van der Waals surface area contributed by atoms with Crippen LogP contribution in [0.1, 0.15) is 21.6 Å². The zero-order chi connectivity index (χ0) is 13.2. The second-order valence-electron chi connectivity index (χ2n) is 4.52. The van der Waals surface area contributed by atoms with Crippen molar-refractivity contribution in [1.29, 1.82) is 0 Å². The lowest BCUT2D eigenvalue weighted by Crippen LogP contribution is -2.36. The molecule has 0 bridgehead atoms. The molecule has 5 nitrogen and oxygen atoms in total. The third-order valence-corrected chi connectivity index (χ3v) is 3.22. The summed E-state index contributed by atoms with van der Waals surface area (Å²) in [5.41, 5.74) is 2.54. The summed E-state index contributed by atoms with van der Waals surface area (Å²) in [4.78, 5) is 22.2. The Labute approximate surface area is 110 Å². The minimum absolute atomic E-state index is 0.00456. The normalized spacial score (nSPS) is 14.0. The van der Waals surface area contributed by atoms with Gasteiger partial charge >= 0.3 is 0 Å². The van der Waals surface area contributed by atoms with Crippen molar-refractivity contribution in [3.8, 4) is 5.75 Å². The number of nitrogens with zero attached hydrogens (tertiary/aromatic N) is 3. The molecule has 0 aliphatic carbocycles. The van der Waals surface area contributed by atoms with E-state index in [1.807, 2.05) is 12.1 Å². The lowest BCUT2D eigenvalue weighted by Gasteiger charge is -2.28. The second-order valence-corrected chi connectivity index (χ2v) is 4.52. The maximum absolute atomic E-state index is 12.3. The first-order chi connectivity index (χ1) is 9.24. The average Bonchev–Trinajstić information content (AvgIpc) is 2.46. The second kappa shape index (κ2) is 4.68. The van der Waals surface area contributed by atoms with Gasteiger partial charge in [-0.15, -0.1) is 0 Å². The van der Waals surface area contributed by atoms with Crippen molar-refractivity contribution in [1.82, 2.24) is 14.9 Å². The van der Waals surface area contributed by atoms with E-state index in [9.17, 15) is 9.90 Å². The standard InChI is InChI=1S/C14H13N3O2/c18-12-6-11(7-15-8-12)14(19)17-5-3-13-10(9-17)2-1-4-16-13/h1-2,4,6-8,18H,3,5,9H2. The van der Waals surface area contributed by atoms with Crippen LogP contribution >= 0.6 is 0 Å². The third-order valence-electron chi connectivity index (χ3n) is 3.22. The highest BCUT2D eigenvalue weighted by atomic mass is 16.3. The molecule has 0 atom stereocenters. The maximum Gasteiger partial charge on any atom is 0.255 e. The zero-order valence-electron chi connectivity index (χ0n) is 10.3. The number of carbonyl (C=O) groups is 1. The van der Waals surface area contributed by atoms with Crippen molar-refractivity contribution in [2.75, 3.05) is 6.54 Å². The highest BCUT2D eigenvalue weighted by Gasteiger charge is 2.22. The zero-order valence-corrected chi connectivity index (χ0v) is 10.3. The molecule has 1 amide bonds. The van der Waals surface area contributed by atoms with E-state index in [1.165, 1.54) is 18.5 Å². The Bertz CT molecular complexity index is 628. The molecule has 1 aliphatic rings. The molecular weight excluding hydrogens is 242 g/mol. The summed E-state index contributed by atoms with van der Waals surface area (Å²) >= 11 is 0. The van der Waals surface area contributed by atoms with Crippen LogP contribution < -0.4 is 0 Å². The molecule has 2 aromatic heterocycles. The van der Waals surface area contributed by atoms with Gasteiger partial charge in [0.25, 0.3) is 5.91 Å². The highest BCUT2D eigenvalue weighted by molar-refractivity contribution is 5.94. The Hall–Kier alpha value is -2.43. The quantitative estimate of drug-likeness (QED) is 0.836. The highest BCUT2D eigenvalue weighted by Crippen LogP contribution is 2.19. The molecule has 2 aromatic rings. The lowest BCUT2D eigenvalue weighted by molar-refractivity contribution is 0.0732. The van der Waals surface area contributed by atoms with E-state index >= 15 is 0 Å². The van der Waals surface area contributed by atoms with E-state index in [2.05, 4.69) is 9.97 Å². The van der Waals surface area contributed by atoms with Crippen molar-refractivity contribution >= 4 is 5.91 Å². The Balaban J connectivity index is 1.83. The number of aromatic nitrogens is 2. The summed E-state index contributed by atoms with van der Waals surface area (Å²) in [6.07, 6.45) is 5.32. The maximum atomic E-state index is 12.3. The van der Waals surface area contributed by atoms with Crippen LogP contribution in [0.15, 0.2) is 36.8 Å². The number of pyridine rings is 2. The fraction of sp³-hybridized carbons (Fsp3) is 0.214. The number of amides is 1. The minimum Gasteiger partial charge on any atom is -0.506 e. The van der Waals surface area contributed by atoms with Gasteiger partial charge in [-0.25, -0.2) is 0 Å². The van der Waals surface area contributed by atoms with Gasteiger partial charge in [0.05, 0.1) is 11.8 Å². The molecule has 3 rings (SSSR count). The van der Waals surface area contributed by atoms with Crippen LogP contribution in [-0.2, 0) is 13.0 Å². The Morgan fingerprint density at radius 2 is 2.26 bits per heavy atom. The number of rotatable bonds is 1. The van der Waals surface area contributed by atoms with E-state index in [0.717, 1.165) is 17.7 Å². The van der Waals surface area contributed by atoms with Gasteiger partial charge < -0.3 is 10.0 Å². The Morgan fingerprint density at radius 3 is 3.11 bits per heavy atom. The van der Waals surface area contributed by atoms with Crippen LogP contribution in [0.3, 0.4) is 0 Å². The van der Waals surface area contributed by atoms with E-state index in [4.69, 9.17) is 0 Å². The van der Waals surface area contributed by atoms with Crippen molar-refractivity contribution in [2.45, 2.75) is 13.0 Å². The molecule has 0 unspecified atom stereocenters. The third kappa shape index (κ3) is 2.27. The SMILES string of the molecule is O=C(c1cncc(O)c1)N1CCc2ncccc2C1. The van der Waals surface area contributed by atoms with E-state index in [1.54, 1.807) is 11.1 Å². The summed E-state index contributed by atoms with van der Waals surface area (Å²) in [6, 6.07) is 5.30. The molecule has 1 N–H and O–H groups in total. The molecule has 3 heterocycles. The molecule has 19 heavy (non-hydrogen) atoms. The Kier molecular flexibility index (Phi) is 2.87. The van der Waals surface area contributed by atoms with Crippen LogP contribution in [0.5, 0.6) is 5.75 Å². The number of hydrogen-bond acceptors (Lipinski definition) is 4. The lowest BCUT2D eigenvalue weighted by atomic mass is 10.1. The van der Waals surface area contributed by atoms with Crippen molar-refractivity contribution in [2.24, 2.45) is 0 Å². The van der Waals surface area contributed by atoms with Crippen LogP contribution in [0.25, 0.3) is 0 Å². The molecule has 0 spiro atoms.